The number of hydrogen-bond acceptors (Lipinski definition) is 2. The summed E-state index contributed by atoms with van der Waals surface area (Å²) in [5.74, 6) is -0.444. The summed E-state index contributed by atoms with van der Waals surface area (Å²) in [6.07, 6.45) is 8.08. The molecule has 2 heteroatoms. The second kappa shape index (κ2) is 5.67. The number of aryl methyl sites for hydroxylation is 1. The first-order valence-electron chi connectivity index (χ1n) is 6.22. The van der Waals surface area contributed by atoms with Crippen LogP contribution in [0.1, 0.15) is 29.9 Å². The van der Waals surface area contributed by atoms with Crippen LogP contribution in [0.3, 0.4) is 0 Å². The standard InChI is InChI=1S/C16H18O2/c1-12-8-10-14(11-9-12)15(16(17)18-2)13-6-4-3-5-7-13/h3-4,6,8-11,15H,5,7H2,1-2H3. The Labute approximate surface area is 108 Å². The molecule has 0 fully saturated rings. The summed E-state index contributed by atoms with van der Waals surface area (Å²) in [6.45, 7) is 2.04. The van der Waals surface area contributed by atoms with Crippen molar-refractivity contribution in [1.82, 2.24) is 0 Å². The maximum Gasteiger partial charge on any atom is 0.317 e. The lowest BCUT2D eigenvalue weighted by Crippen LogP contribution is -2.17. The lowest BCUT2D eigenvalue weighted by molar-refractivity contribution is -0.141. The number of benzene rings is 1. The molecule has 94 valence electrons. The van der Waals surface area contributed by atoms with Gasteiger partial charge >= 0.3 is 5.97 Å². The van der Waals surface area contributed by atoms with E-state index >= 15 is 0 Å². The van der Waals surface area contributed by atoms with Crippen LogP contribution < -0.4 is 0 Å². The SMILES string of the molecule is COC(=O)C(C1=CC=CCC1)c1ccc(C)cc1. The van der Waals surface area contributed by atoms with Gasteiger partial charge in [-0.2, -0.15) is 0 Å². The monoisotopic (exact) mass is 242 g/mol. The maximum atomic E-state index is 12.0. The fourth-order valence-corrected chi connectivity index (χ4v) is 2.24. The summed E-state index contributed by atoms with van der Waals surface area (Å²) in [6, 6.07) is 8.08. The molecule has 0 saturated carbocycles. The summed E-state index contributed by atoms with van der Waals surface area (Å²) in [5.41, 5.74) is 3.34. The van der Waals surface area contributed by atoms with Gasteiger partial charge in [0.25, 0.3) is 0 Å². The Kier molecular flexibility index (Phi) is 3.98. The molecule has 1 aliphatic carbocycles. The van der Waals surface area contributed by atoms with Crippen molar-refractivity contribution in [3.63, 3.8) is 0 Å². The third-order valence-corrected chi connectivity index (χ3v) is 3.26. The molecule has 0 N–H and O–H groups in total. The van der Waals surface area contributed by atoms with Crippen molar-refractivity contribution in [2.45, 2.75) is 25.7 Å². The highest BCUT2D eigenvalue weighted by atomic mass is 16.5. The van der Waals surface area contributed by atoms with Gasteiger partial charge in [-0.15, -0.1) is 0 Å². The summed E-state index contributed by atoms with van der Waals surface area (Å²) in [5, 5.41) is 0. The minimum Gasteiger partial charge on any atom is -0.468 e. The zero-order chi connectivity index (χ0) is 13.0. The molecule has 0 amide bonds. The van der Waals surface area contributed by atoms with Crippen LogP contribution in [0.25, 0.3) is 0 Å². The Hall–Kier alpha value is -1.83. The maximum absolute atomic E-state index is 12.0. The lowest BCUT2D eigenvalue weighted by atomic mass is 9.86. The highest BCUT2D eigenvalue weighted by molar-refractivity contribution is 5.82. The number of ether oxygens (including phenoxy) is 1. The van der Waals surface area contributed by atoms with Crippen molar-refractivity contribution in [1.29, 1.82) is 0 Å². The Morgan fingerprint density at radius 3 is 2.56 bits per heavy atom. The molecule has 0 spiro atoms. The molecule has 0 aliphatic heterocycles. The molecule has 0 radical (unpaired) electrons. The Morgan fingerprint density at radius 1 is 1.28 bits per heavy atom. The van der Waals surface area contributed by atoms with E-state index in [1.165, 1.54) is 12.7 Å². The van der Waals surface area contributed by atoms with Crippen LogP contribution >= 0.6 is 0 Å². The number of carbonyl (C=O) groups excluding carboxylic acids is 1. The van der Waals surface area contributed by atoms with Crippen molar-refractivity contribution in [3.8, 4) is 0 Å². The Bertz CT molecular complexity index is 480. The molecule has 1 aromatic rings. The smallest absolute Gasteiger partial charge is 0.317 e. The Morgan fingerprint density at radius 2 is 2.00 bits per heavy atom. The number of allylic oxidation sites excluding steroid dienone is 3. The molecule has 0 bridgehead atoms. The van der Waals surface area contributed by atoms with Crippen molar-refractivity contribution in [3.05, 3.63) is 59.2 Å². The third-order valence-electron chi connectivity index (χ3n) is 3.26. The molecule has 2 nitrogen and oxygen atoms in total. The average molecular weight is 242 g/mol. The molecular weight excluding hydrogens is 224 g/mol. The Balaban J connectivity index is 2.36. The fraction of sp³-hybridized carbons (Fsp3) is 0.312. The summed E-state index contributed by atoms with van der Waals surface area (Å²) < 4.78 is 4.95. The second-order valence-electron chi connectivity index (χ2n) is 4.58. The van der Waals surface area contributed by atoms with Gasteiger partial charge in [0.2, 0.25) is 0 Å². The zero-order valence-corrected chi connectivity index (χ0v) is 10.8. The number of carbonyl (C=O) groups is 1. The average Bonchev–Trinajstić information content (AvgIpc) is 2.42. The van der Waals surface area contributed by atoms with Crippen LogP contribution in [0.4, 0.5) is 0 Å². The number of rotatable bonds is 3. The van der Waals surface area contributed by atoms with E-state index in [-0.39, 0.29) is 11.9 Å². The van der Waals surface area contributed by atoms with E-state index in [4.69, 9.17) is 4.74 Å². The molecule has 0 aromatic heterocycles. The van der Waals surface area contributed by atoms with Crippen LogP contribution in [0.2, 0.25) is 0 Å². The largest absolute Gasteiger partial charge is 0.468 e. The van der Waals surface area contributed by atoms with Gasteiger partial charge in [0.15, 0.2) is 0 Å². The van der Waals surface area contributed by atoms with Crippen LogP contribution in [-0.4, -0.2) is 13.1 Å². The molecule has 2 rings (SSSR count). The first-order valence-corrected chi connectivity index (χ1v) is 6.22. The van der Waals surface area contributed by atoms with E-state index in [2.05, 4.69) is 6.08 Å². The summed E-state index contributed by atoms with van der Waals surface area (Å²) in [4.78, 5) is 12.0. The van der Waals surface area contributed by atoms with Crippen LogP contribution in [0, 0.1) is 6.92 Å². The number of methoxy groups -OCH3 is 1. The van der Waals surface area contributed by atoms with Gasteiger partial charge in [-0.25, -0.2) is 0 Å². The summed E-state index contributed by atoms with van der Waals surface area (Å²) >= 11 is 0. The predicted molar refractivity (Wildman–Crippen MR) is 72.4 cm³/mol. The topological polar surface area (TPSA) is 26.3 Å². The minimum atomic E-state index is -0.263. The van der Waals surface area contributed by atoms with Gasteiger partial charge in [0, 0.05) is 0 Å². The lowest BCUT2D eigenvalue weighted by Gasteiger charge is -2.20. The summed E-state index contributed by atoms with van der Waals surface area (Å²) in [7, 11) is 1.45. The minimum absolute atomic E-state index is 0.180. The van der Waals surface area contributed by atoms with Gasteiger partial charge in [-0.05, 0) is 25.3 Å². The normalized spacial score (nSPS) is 16.0. The van der Waals surface area contributed by atoms with Gasteiger partial charge in [0.05, 0.1) is 7.11 Å². The van der Waals surface area contributed by atoms with Crippen molar-refractivity contribution in [2.24, 2.45) is 0 Å². The van der Waals surface area contributed by atoms with Crippen LogP contribution in [-0.2, 0) is 9.53 Å². The predicted octanol–water partition coefficient (Wildman–Crippen LogP) is 3.53. The zero-order valence-electron chi connectivity index (χ0n) is 10.8. The van der Waals surface area contributed by atoms with Gasteiger partial charge in [-0.1, -0.05) is 53.6 Å². The third kappa shape index (κ3) is 2.70. The van der Waals surface area contributed by atoms with E-state index in [0.717, 1.165) is 24.0 Å². The molecule has 0 saturated heterocycles. The highest BCUT2D eigenvalue weighted by Gasteiger charge is 2.25. The first-order chi connectivity index (χ1) is 8.72. The van der Waals surface area contributed by atoms with E-state index in [0.29, 0.717) is 0 Å². The molecular formula is C16H18O2. The highest BCUT2D eigenvalue weighted by Crippen LogP contribution is 2.31. The molecule has 1 aliphatic rings. The van der Waals surface area contributed by atoms with Crippen molar-refractivity contribution < 1.29 is 9.53 Å². The molecule has 1 atom stereocenters. The van der Waals surface area contributed by atoms with Crippen LogP contribution in [0.5, 0.6) is 0 Å². The second-order valence-corrected chi connectivity index (χ2v) is 4.58. The van der Waals surface area contributed by atoms with Crippen molar-refractivity contribution >= 4 is 5.97 Å². The molecule has 18 heavy (non-hydrogen) atoms. The molecule has 1 unspecified atom stereocenters. The van der Waals surface area contributed by atoms with E-state index in [1.807, 2.05) is 43.3 Å². The van der Waals surface area contributed by atoms with Gasteiger partial charge in [-0.3, -0.25) is 4.79 Å². The first kappa shape index (κ1) is 12.6. The van der Waals surface area contributed by atoms with Crippen molar-refractivity contribution in [2.75, 3.05) is 7.11 Å². The van der Waals surface area contributed by atoms with E-state index in [1.54, 1.807) is 0 Å². The molecule has 1 aromatic carbocycles. The van der Waals surface area contributed by atoms with E-state index < -0.39 is 0 Å². The van der Waals surface area contributed by atoms with Gasteiger partial charge < -0.3 is 4.74 Å². The fourth-order valence-electron chi connectivity index (χ4n) is 2.24. The molecule has 0 heterocycles. The van der Waals surface area contributed by atoms with E-state index in [9.17, 15) is 4.79 Å². The number of esters is 1. The number of hydrogen-bond donors (Lipinski definition) is 0. The quantitative estimate of drug-likeness (QED) is 0.758. The van der Waals surface area contributed by atoms with Gasteiger partial charge in [0.1, 0.15) is 5.92 Å². The van der Waals surface area contributed by atoms with Crippen LogP contribution in [0.15, 0.2) is 48.1 Å².